The van der Waals surface area contributed by atoms with Gasteiger partial charge in [-0.15, -0.1) is 0 Å². The van der Waals surface area contributed by atoms with Crippen molar-refractivity contribution in [2.45, 2.75) is 12.6 Å². The Morgan fingerprint density at radius 3 is 2.62 bits per heavy atom. The third-order valence-electron chi connectivity index (χ3n) is 3.45. The van der Waals surface area contributed by atoms with Crippen LogP contribution in [0.5, 0.6) is 0 Å². The van der Waals surface area contributed by atoms with Crippen molar-refractivity contribution in [2.24, 2.45) is 5.73 Å². The summed E-state index contributed by atoms with van der Waals surface area (Å²) in [5.41, 5.74) is 7.49. The van der Waals surface area contributed by atoms with Crippen molar-refractivity contribution in [2.75, 3.05) is 13.6 Å². The summed E-state index contributed by atoms with van der Waals surface area (Å²) in [7, 11) is 1.92. The summed E-state index contributed by atoms with van der Waals surface area (Å²) < 4.78 is 14.7. The molecule has 0 amide bonds. The second kappa shape index (κ2) is 7.36. The average molecular weight is 372 g/mol. The van der Waals surface area contributed by atoms with E-state index in [9.17, 15) is 4.39 Å². The number of hydrogen-bond donors (Lipinski definition) is 1. The van der Waals surface area contributed by atoms with Crippen LogP contribution in [0.15, 0.2) is 46.9 Å². The fourth-order valence-corrected chi connectivity index (χ4v) is 3.12. The summed E-state index contributed by atoms with van der Waals surface area (Å²) >= 11 is 9.68. The van der Waals surface area contributed by atoms with E-state index < -0.39 is 0 Å². The second-order valence-electron chi connectivity index (χ2n) is 4.92. The highest BCUT2D eigenvalue weighted by atomic mass is 79.9. The Morgan fingerprint density at radius 1 is 1.29 bits per heavy atom. The van der Waals surface area contributed by atoms with Gasteiger partial charge in [-0.05, 0) is 30.8 Å². The number of nitrogens with zero attached hydrogens (tertiary/aromatic N) is 1. The Labute approximate surface area is 137 Å². The molecule has 0 fully saturated rings. The van der Waals surface area contributed by atoms with Gasteiger partial charge in [0.15, 0.2) is 0 Å². The summed E-state index contributed by atoms with van der Waals surface area (Å²) in [4.78, 5) is 2.01. The van der Waals surface area contributed by atoms with Gasteiger partial charge in [0.05, 0.1) is 0 Å². The molecule has 0 aliphatic heterocycles. The summed E-state index contributed by atoms with van der Waals surface area (Å²) in [5, 5.41) is 0.653. The minimum atomic E-state index is -0.206. The molecule has 0 radical (unpaired) electrons. The molecule has 1 atom stereocenters. The molecule has 2 aromatic carbocycles. The molecule has 21 heavy (non-hydrogen) atoms. The first-order chi connectivity index (χ1) is 10.0. The van der Waals surface area contributed by atoms with Gasteiger partial charge in [-0.2, -0.15) is 0 Å². The molecule has 0 saturated carbocycles. The van der Waals surface area contributed by atoms with Gasteiger partial charge in [-0.25, -0.2) is 4.39 Å². The van der Waals surface area contributed by atoms with Crippen molar-refractivity contribution in [3.8, 4) is 0 Å². The fraction of sp³-hybridized carbons (Fsp3) is 0.250. The van der Waals surface area contributed by atoms with Crippen molar-refractivity contribution in [3.05, 3.63) is 68.9 Å². The average Bonchev–Trinajstić information content (AvgIpc) is 2.44. The molecular formula is C16H17BrClFN2. The van der Waals surface area contributed by atoms with Crippen LogP contribution in [0.4, 0.5) is 4.39 Å². The zero-order chi connectivity index (χ0) is 15.4. The molecular weight excluding hydrogens is 355 g/mol. The van der Waals surface area contributed by atoms with Gasteiger partial charge in [0.1, 0.15) is 5.82 Å². The predicted molar refractivity (Wildman–Crippen MR) is 88.8 cm³/mol. The van der Waals surface area contributed by atoms with Crippen molar-refractivity contribution in [3.63, 3.8) is 0 Å². The SMILES string of the molecule is CN(Cc1ccccc1F)C(CN)c1ccc(Br)cc1Cl. The molecule has 0 bridgehead atoms. The highest BCUT2D eigenvalue weighted by molar-refractivity contribution is 9.10. The molecule has 0 aliphatic rings. The first kappa shape index (κ1) is 16.4. The Bertz CT molecular complexity index is 621. The van der Waals surface area contributed by atoms with E-state index in [2.05, 4.69) is 15.9 Å². The minimum absolute atomic E-state index is 0.0646. The smallest absolute Gasteiger partial charge is 0.127 e. The number of rotatable bonds is 5. The lowest BCUT2D eigenvalue weighted by Gasteiger charge is -2.28. The van der Waals surface area contributed by atoms with Crippen molar-refractivity contribution in [1.82, 2.24) is 4.90 Å². The van der Waals surface area contributed by atoms with E-state index in [-0.39, 0.29) is 11.9 Å². The Balaban J connectivity index is 2.22. The largest absolute Gasteiger partial charge is 0.329 e. The third-order valence-corrected chi connectivity index (χ3v) is 4.27. The molecule has 0 spiro atoms. The Kier molecular flexibility index (Phi) is 5.76. The maximum absolute atomic E-state index is 13.8. The van der Waals surface area contributed by atoms with Crippen LogP contribution in [-0.4, -0.2) is 18.5 Å². The molecule has 0 aliphatic carbocycles. The van der Waals surface area contributed by atoms with Gasteiger partial charge in [-0.1, -0.05) is 51.8 Å². The van der Waals surface area contributed by atoms with Crippen LogP contribution in [0.1, 0.15) is 17.2 Å². The fourth-order valence-electron chi connectivity index (χ4n) is 2.32. The maximum atomic E-state index is 13.8. The molecule has 2 rings (SSSR count). The number of likely N-dealkylation sites (N-methyl/N-ethyl adjacent to an activating group) is 1. The Morgan fingerprint density at radius 2 is 2.00 bits per heavy atom. The zero-order valence-corrected chi connectivity index (χ0v) is 14.0. The van der Waals surface area contributed by atoms with Crippen LogP contribution < -0.4 is 5.73 Å². The van der Waals surface area contributed by atoms with E-state index in [1.165, 1.54) is 6.07 Å². The summed E-state index contributed by atoms with van der Waals surface area (Å²) in [6.45, 7) is 0.882. The second-order valence-corrected chi connectivity index (χ2v) is 6.25. The highest BCUT2D eigenvalue weighted by Crippen LogP contribution is 2.29. The van der Waals surface area contributed by atoms with Gasteiger partial charge in [-0.3, -0.25) is 4.90 Å². The quantitative estimate of drug-likeness (QED) is 0.845. The molecule has 2 nitrogen and oxygen atoms in total. The molecule has 0 saturated heterocycles. The highest BCUT2D eigenvalue weighted by Gasteiger charge is 2.19. The first-order valence-corrected chi connectivity index (χ1v) is 7.78. The summed E-state index contributed by atoms with van der Waals surface area (Å²) in [6.07, 6.45) is 0. The molecule has 2 N–H and O–H groups in total. The normalized spacial score (nSPS) is 12.7. The summed E-state index contributed by atoms with van der Waals surface area (Å²) in [5.74, 6) is -0.206. The zero-order valence-electron chi connectivity index (χ0n) is 11.7. The van der Waals surface area contributed by atoms with E-state index in [0.717, 1.165) is 10.0 Å². The lowest BCUT2D eigenvalue weighted by Crippen LogP contribution is -2.30. The van der Waals surface area contributed by atoms with Crippen LogP contribution in [-0.2, 0) is 6.54 Å². The molecule has 5 heteroatoms. The first-order valence-electron chi connectivity index (χ1n) is 6.61. The third kappa shape index (κ3) is 4.04. The predicted octanol–water partition coefficient (Wildman–Crippen LogP) is 4.37. The van der Waals surface area contributed by atoms with Crippen molar-refractivity contribution < 1.29 is 4.39 Å². The van der Waals surface area contributed by atoms with E-state index in [0.29, 0.717) is 23.7 Å². The van der Waals surface area contributed by atoms with Crippen LogP contribution in [0, 0.1) is 5.82 Å². The number of nitrogens with two attached hydrogens (primary N) is 1. The number of benzene rings is 2. The van der Waals surface area contributed by atoms with E-state index in [4.69, 9.17) is 17.3 Å². The molecule has 0 heterocycles. The minimum Gasteiger partial charge on any atom is -0.329 e. The standard InChI is InChI=1S/C16H17BrClFN2/c1-21(10-11-4-2-3-5-15(11)19)16(9-20)13-7-6-12(17)8-14(13)18/h2-8,16H,9-10,20H2,1H3. The maximum Gasteiger partial charge on any atom is 0.127 e. The lowest BCUT2D eigenvalue weighted by molar-refractivity contribution is 0.238. The van der Waals surface area contributed by atoms with E-state index in [1.807, 2.05) is 36.2 Å². The topological polar surface area (TPSA) is 29.3 Å². The van der Waals surface area contributed by atoms with Gasteiger partial charge in [0, 0.05) is 34.2 Å². The summed E-state index contributed by atoms with van der Waals surface area (Å²) in [6, 6.07) is 12.4. The van der Waals surface area contributed by atoms with Gasteiger partial charge in [0.2, 0.25) is 0 Å². The van der Waals surface area contributed by atoms with Crippen LogP contribution in [0.25, 0.3) is 0 Å². The Hall–Kier alpha value is -0.940. The molecule has 0 aromatic heterocycles. The number of halogens is 3. The van der Waals surface area contributed by atoms with Gasteiger partial charge < -0.3 is 5.73 Å². The van der Waals surface area contributed by atoms with Crippen molar-refractivity contribution >= 4 is 27.5 Å². The molecule has 2 aromatic rings. The van der Waals surface area contributed by atoms with Gasteiger partial charge >= 0.3 is 0 Å². The lowest BCUT2D eigenvalue weighted by atomic mass is 10.0. The monoisotopic (exact) mass is 370 g/mol. The van der Waals surface area contributed by atoms with Crippen LogP contribution in [0.3, 0.4) is 0 Å². The van der Waals surface area contributed by atoms with E-state index in [1.54, 1.807) is 12.1 Å². The van der Waals surface area contributed by atoms with Crippen molar-refractivity contribution in [1.29, 1.82) is 0 Å². The van der Waals surface area contributed by atoms with Gasteiger partial charge in [0.25, 0.3) is 0 Å². The molecule has 112 valence electrons. The number of hydrogen-bond acceptors (Lipinski definition) is 2. The van der Waals surface area contributed by atoms with E-state index >= 15 is 0 Å². The van der Waals surface area contributed by atoms with Crippen LogP contribution >= 0.6 is 27.5 Å². The molecule has 1 unspecified atom stereocenters. The van der Waals surface area contributed by atoms with Crippen LogP contribution in [0.2, 0.25) is 5.02 Å².